The SMILES string of the molecule is O=C1CCCCN1C1(Cc2ccccc2)C=C(OCc2cccc(F)c2)C=N1. The van der Waals surface area contributed by atoms with E-state index in [0.717, 1.165) is 24.0 Å². The first-order valence-electron chi connectivity index (χ1n) is 9.64. The van der Waals surface area contributed by atoms with Gasteiger partial charge >= 0.3 is 0 Å². The summed E-state index contributed by atoms with van der Waals surface area (Å²) in [5.74, 6) is 0.452. The molecule has 0 aromatic heterocycles. The molecule has 4 nitrogen and oxygen atoms in total. The predicted octanol–water partition coefficient (Wildman–Crippen LogP) is 4.26. The van der Waals surface area contributed by atoms with E-state index in [4.69, 9.17) is 9.73 Å². The first-order valence-corrected chi connectivity index (χ1v) is 9.64. The number of aliphatic imine (C=N–C) groups is 1. The van der Waals surface area contributed by atoms with Crippen molar-refractivity contribution in [2.75, 3.05) is 6.54 Å². The third kappa shape index (κ3) is 3.98. The van der Waals surface area contributed by atoms with Gasteiger partial charge in [0.1, 0.15) is 18.2 Å². The number of benzene rings is 2. The summed E-state index contributed by atoms with van der Waals surface area (Å²) in [5, 5.41) is 0. The summed E-state index contributed by atoms with van der Waals surface area (Å²) in [6.07, 6.45) is 6.67. The normalized spacial score (nSPS) is 21.7. The Morgan fingerprint density at radius 2 is 1.89 bits per heavy atom. The van der Waals surface area contributed by atoms with E-state index in [1.165, 1.54) is 12.1 Å². The molecule has 1 atom stereocenters. The molecular weight excluding hydrogens is 355 g/mol. The second-order valence-corrected chi connectivity index (χ2v) is 7.27. The second-order valence-electron chi connectivity index (χ2n) is 7.27. The number of carbonyl (C=O) groups is 1. The molecule has 1 amide bonds. The Labute approximate surface area is 164 Å². The number of allylic oxidation sites excluding steroid dienone is 1. The lowest BCUT2D eigenvalue weighted by molar-refractivity contribution is -0.138. The Balaban J connectivity index is 1.57. The summed E-state index contributed by atoms with van der Waals surface area (Å²) < 4.78 is 19.2. The first-order chi connectivity index (χ1) is 13.6. The van der Waals surface area contributed by atoms with Gasteiger partial charge in [0.25, 0.3) is 0 Å². The number of carbonyl (C=O) groups excluding carboxylic acids is 1. The van der Waals surface area contributed by atoms with Crippen molar-refractivity contribution in [3.8, 4) is 0 Å². The van der Waals surface area contributed by atoms with Crippen LogP contribution < -0.4 is 0 Å². The highest BCUT2D eigenvalue weighted by Gasteiger charge is 2.41. The number of likely N-dealkylation sites (tertiary alicyclic amines) is 1. The van der Waals surface area contributed by atoms with Gasteiger partial charge < -0.3 is 9.64 Å². The summed E-state index contributed by atoms with van der Waals surface area (Å²) >= 11 is 0. The van der Waals surface area contributed by atoms with Crippen LogP contribution in [0.15, 0.2) is 71.4 Å². The van der Waals surface area contributed by atoms with Gasteiger partial charge in [0.2, 0.25) is 5.91 Å². The first kappa shape index (κ1) is 18.4. The van der Waals surface area contributed by atoms with Crippen molar-refractivity contribution < 1.29 is 13.9 Å². The van der Waals surface area contributed by atoms with Crippen molar-refractivity contribution in [2.24, 2.45) is 4.99 Å². The monoisotopic (exact) mass is 378 g/mol. The summed E-state index contributed by atoms with van der Waals surface area (Å²) in [6, 6.07) is 16.4. The van der Waals surface area contributed by atoms with Gasteiger partial charge in [-0.3, -0.25) is 9.79 Å². The number of rotatable bonds is 6. The van der Waals surface area contributed by atoms with Crippen LogP contribution in [0.5, 0.6) is 0 Å². The maximum atomic E-state index is 13.4. The van der Waals surface area contributed by atoms with Crippen molar-refractivity contribution in [1.82, 2.24) is 4.90 Å². The quantitative estimate of drug-likeness (QED) is 0.754. The van der Waals surface area contributed by atoms with Crippen LogP contribution in [0, 0.1) is 5.82 Å². The number of halogens is 1. The molecular formula is C23H23FN2O2. The van der Waals surface area contributed by atoms with E-state index in [2.05, 4.69) is 0 Å². The molecule has 1 unspecified atom stereocenters. The largest absolute Gasteiger partial charge is 0.487 e. The van der Waals surface area contributed by atoms with Crippen molar-refractivity contribution in [3.63, 3.8) is 0 Å². The van der Waals surface area contributed by atoms with Crippen LogP contribution in [0.2, 0.25) is 0 Å². The molecule has 4 rings (SSSR count). The summed E-state index contributed by atoms with van der Waals surface area (Å²) in [5.41, 5.74) is 1.11. The van der Waals surface area contributed by atoms with Gasteiger partial charge in [0.05, 0.1) is 6.21 Å². The highest BCUT2D eigenvalue weighted by molar-refractivity contribution is 5.83. The number of piperidine rings is 1. The van der Waals surface area contributed by atoms with Crippen molar-refractivity contribution in [1.29, 1.82) is 0 Å². The van der Waals surface area contributed by atoms with E-state index < -0.39 is 5.66 Å². The van der Waals surface area contributed by atoms with Gasteiger partial charge in [-0.1, -0.05) is 42.5 Å². The van der Waals surface area contributed by atoms with E-state index in [9.17, 15) is 9.18 Å². The standard InChI is InChI=1S/C23H23FN2O2/c24-20-10-6-9-19(13-20)17-28-21-15-23(25-16-21,14-18-7-2-1-3-8-18)26-12-5-4-11-22(26)27/h1-3,6-10,13,15-16H,4-5,11-12,14,17H2. The van der Waals surface area contributed by atoms with Gasteiger partial charge in [0.15, 0.2) is 5.66 Å². The van der Waals surface area contributed by atoms with Gasteiger partial charge in [-0.2, -0.15) is 0 Å². The molecule has 2 aliphatic rings. The summed E-state index contributed by atoms with van der Waals surface area (Å²) in [4.78, 5) is 19.3. The Hall–Kier alpha value is -2.95. The van der Waals surface area contributed by atoms with Crippen LogP contribution in [-0.2, 0) is 22.6 Å². The van der Waals surface area contributed by atoms with E-state index >= 15 is 0 Å². The average molecular weight is 378 g/mol. The zero-order chi connectivity index (χ0) is 19.4. The fourth-order valence-electron chi connectivity index (χ4n) is 3.80. The van der Waals surface area contributed by atoms with Crippen LogP contribution in [-0.4, -0.2) is 29.2 Å². The smallest absolute Gasteiger partial charge is 0.224 e. The molecule has 0 N–H and O–H groups in total. The highest BCUT2D eigenvalue weighted by atomic mass is 19.1. The van der Waals surface area contributed by atoms with E-state index in [0.29, 0.717) is 25.1 Å². The Morgan fingerprint density at radius 1 is 1.07 bits per heavy atom. The molecule has 2 aromatic rings. The molecule has 5 heteroatoms. The lowest BCUT2D eigenvalue weighted by atomic mass is 9.95. The molecule has 28 heavy (non-hydrogen) atoms. The van der Waals surface area contributed by atoms with E-state index in [1.807, 2.05) is 47.4 Å². The fourth-order valence-corrected chi connectivity index (χ4v) is 3.80. The minimum atomic E-state index is -0.754. The maximum absolute atomic E-state index is 13.4. The average Bonchev–Trinajstić information content (AvgIpc) is 3.11. The number of nitrogens with zero attached hydrogens (tertiary/aromatic N) is 2. The second kappa shape index (κ2) is 7.97. The number of amides is 1. The minimum absolute atomic E-state index is 0.127. The molecule has 144 valence electrons. The number of hydrogen-bond acceptors (Lipinski definition) is 3. The minimum Gasteiger partial charge on any atom is -0.487 e. The molecule has 1 fully saturated rings. The topological polar surface area (TPSA) is 41.9 Å². The van der Waals surface area contributed by atoms with Gasteiger partial charge in [0, 0.05) is 25.5 Å². The molecule has 2 aliphatic heterocycles. The van der Waals surface area contributed by atoms with Crippen molar-refractivity contribution in [3.05, 3.63) is 83.4 Å². The van der Waals surface area contributed by atoms with Crippen LogP contribution in [0.1, 0.15) is 30.4 Å². The van der Waals surface area contributed by atoms with E-state index in [-0.39, 0.29) is 18.3 Å². The van der Waals surface area contributed by atoms with Crippen LogP contribution >= 0.6 is 0 Å². The molecule has 0 saturated carbocycles. The zero-order valence-electron chi connectivity index (χ0n) is 15.7. The molecule has 0 aliphatic carbocycles. The molecule has 2 heterocycles. The Bertz CT molecular complexity index is 910. The third-order valence-corrected chi connectivity index (χ3v) is 5.18. The van der Waals surface area contributed by atoms with Crippen LogP contribution in [0.4, 0.5) is 4.39 Å². The fraction of sp³-hybridized carbons (Fsp3) is 0.304. The Kier molecular flexibility index (Phi) is 5.24. The molecule has 1 saturated heterocycles. The lowest BCUT2D eigenvalue weighted by Crippen LogP contribution is -2.52. The van der Waals surface area contributed by atoms with Crippen LogP contribution in [0.25, 0.3) is 0 Å². The Morgan fingerprint density at radius 3 is 2.68 bits per heavy atom. The molecule has 2 aromatic carbocycles. The van der Waals surface area contributed by atoms with E-state index in [1.54, 1.807) is 12.3 Å². The summed E-state index contributed by atoms with van der Waals surface area (Å²) in [6.45, 7) is 0.946. The van der Waals surface area contributed by atoms with Gasteiger partial charge in [-0.25, -0.2) is 4.39 Å². The maximum Gasteiger partial charge on any atom is 0.224 e. The predicted molar refractivity (Wildman–Crippen MR) is 106 cm³/mol. The molecule has 0 radical (unpaired) electrons. The van der Waals surface area contributed by atoms with Crippen molar-refractivity contribution in [2.45, 2.75) is 38.0 Å². The lowest BCUT2D eigenvalue weighted by Gasteiger charge is -2.40. The third-order valence-electron chi connectivity index (χ3n) is 5.18. The zero-order valence-corrected chi connectivity index (χ0v) is 15.7. The molecule has 0 spiro atoms. The van der Waals surface area contributed by atoms with Gasteiger partial charge in [-0.05, 0) is 36.1 Å². The number of hydrogen-bond donors (Lipinski definition) is 0. The molecule has 0 bridgehead atoms. The van der Waals surface area contributed by atoms with Crippen LogP contribution in [0.3, 0.4) is 0 Å². The number of ether oxygens (including phenoxy) is 1. The van der Waals surface area contributed by atoms with Gasteiger partial charge in [-0.15, -0.1) is 0 Å². The summed E-state index contributed by atoms with van der Waals surface area (Å²) in [7, 11) is 0. The van der Waals surface area contributed by atoms with Crippen molar-refractivity contribution >= 4 is 12.1 Å². The highest BCUT2D eigenvalue weighted by Crippen LogP contribution is 2.33.